The van der Waals surface area contributed by atoms with Crippen molar-refractivity contribution in [2.75, 3.05) is 0 Å². The number of nitrogens with one attached hydrogen (secondary N) is 1. The number of rotatable bonds is 6. The zero-order chi connectivity index (χ0) is 25.1. The van der Waals surface area contributed by atoms with Gasteiger partial charge >= 0.3 is 0 Å². The first kappa shape index (κ1) is 26.2. The predicted octanol–water partition coefficient (Wildman–Crippen LogP) is 7.58. The molecule has 0 radical (unpaired) electrons. The van der Waals surface area contributed by atoms with Crippen molar-refractivity contribution in [2.24, 2.45) is 4.99 Å². The number of non-ortho nitro benzene ring substituents is 1. The van der Waals surface area contributed by atoms with Gasteiger partial charge in [0.2, 0.25) is 0 Å². The van der Waals surface area contributed by atoms with Gasteiger partial charge in [0.15, 0.2) is 5.17 Å². The minimum Gasteiger partial charge on any atom is -0.487 e. The van der Waals surface area contributed by atoms with E-state index in [1.165, 1.54) is 23.9 Å². The van der Waals surface area contributed by atoms with E-state index in [0.29, 0.717) is 37.1 Å². The SMILES string of the molecule is O=C1NC(=Nc2cccc(Cl)c2Cl)S/C1=C/c1cc(I)c(OCc2cccc([N+](=O)[O-])c2)c(I)c1. The zero-order valence-corrected chi connectivity index (χ0v) is 24.1. The van der Waals surface area contributed by atoms with Gasteiger partial charge in [0.25, 0.3) is 11.6 Å². The molecule has 1 saturated heterocycles. The molecule has 0 aromatic heterocycles. The molecule has 0 spiro atoms. The smallest absolute Gasteiger partial charge is 0.269 e. The topological polar surface area (TPSA) is 93.8 Å². The molecule has 4 rings (SSSR count). The molecule has 0 saturated carbocycles. The molecule has 35 heavy (non-hydrogen) atoms. The molecular formula is C23H13Cl2I2N3O4S. The summed E-state index contributed by atoms with van der Waals surface area (Å²) in [5, 5.41) is 14.8. The summed E-state index contributed by atoms with van der Waals surface area (Å²) >= 11 is 17.8. The molecule has 3 aromatic rings. The molecule has 1 fully saturated rings. The minimum absolute atomic E-state index is 0.0188. The summed E-state index contributed by atoms with van der Waals surface area (Å²) < 4.78 is 7.64. The highest BCUT2D eigenvalue weighted by Crippen LogP contribution is 2.36. The first-order valence-corrected chi connectivity index (χ1v) is 13.5. The van der Waals surface area contributed by atoms with Crippen LogP contribution in [0.3, 0.4) is 0 Å². The maximum absolute atomic E-state index is 12.5. The van der Waals surface area contributed by atoms with E-state index < -0.39 is 4.92 Å². The monoisotopic (exact) mass is 751 g/mol. The van der Waals surface area contributed by atoms with Gasteiger partial charge < -0.3 is 10.1 Å². The fraction of sp³-hybridized carbons (Fsp3) is 0.0435. The third kappa shape index (κ3) is 6.47. The Morgan fingerprint density at radius 3 is 2.54 bits per heavy atom. The average Bonchev–Trinajstić information content (AvgIpc) is 3.15. The maximum Gasteiger partial charge on any atom is 0.269 e. The average molecular weight is 752 g/mol. The molecule has 0 bridgehead atoms. The van der Waals surface area contributed by atoms with Crippen LogP contribution < -0.4 is 10.1 Å². The van der Waals surface area contributed by atoms with E-state index in [1.807, 2.05) is 12.1 Å². The van der Waals surface area contributed by atoms with Gasteiger partial charge in [0, 0.05) is 12.1 Å². The number of halogens is 4. The molecular weight excluding hydrogens is 739 g/mol. The first-order valence-electron chi connectivity index (χ1n) is 9.80. The third-order valence-electron chi connectivity index (χ3n) is 4.63. The molecule has 0 aliphatic carbocycles. The van der Waals surface area contributed by atoms with Gasteiger partial charge in [-0.3, -0.25) is 14.9 Å². The highest BCUT2D eigenvalue weighted by atomic mass is 127. The van der Waals surface area contributed by atoms with E-state index in [0.717, 1.165) is 12.7 Å². The van der Waals surface area contributed by atoms with Crippen LogP contribution in [0.2, 0.25) is 10.0 Å². The number of aliphatic imine (C=N–C) groups is 1. The number of hydrogen-bond acceptors (Lipinski definition) is 6. The maximum atomic E-state index is 12.5. The molecule has 1 N–H and O–H groups in total. The zero-order valence-electron chi connectivity index (χ0n) is 17.4. The summed E-state index contributed by atoms with van der Waals surface area (Å²) in [5.74, 6) is 0.407. The molecule has 12 heteroatoms. The van der Waals surface area contributed by atoms with Gasteiger partial charge in [-0.15, -0.1) is 0 Å². The lowest BCUT2D eigenvalue weighted by Crippen LogP contribution is -2.19. The summed E-state index contributed by atoms with van der Waals surface area (Å²) in [7, 11) is 0. The van der Waals surface area contributed by atoms with Crippen LogP contribution in [0, 0.1) is 17.3 Å². The van der Waals surface area contributed by atoms with Gasteiger partial charge in [-0.1, -0.05) is 41.4 Å². The normalized spacial score (nSPS) is 15.5. The number of carbonyl (C=O) groups excluding carboxylic acids is 1. The fourth-order valence-electron chi connectivity index (χ4n) is 3.04. The van der Waals surface area contributed by atoms with Crippen LogP contribution in [0.25, 0.3) is 6.08 Å². The van der Waals surface area contributed by atoms with Crippen molar-refractivity contribution < 1.29 is 14.5 Å². The highest BCUT2D eigenvalue weighted by molar-refractivity contribution is 14.1. The number of thioether (sulfide) groups is 1. The number of benzene rings is 3. The van der Waals surface area contributed by atoms with Crippen LogP contribution in [-0.4, -0.2) is 16.0 Å². The minimum atomic E-state index is -0.434. The second-order valence-electron chi connectivity index (χ2n) is 7.08. The molecule has 7 nitrogen and oxygen atoms in total. The number of nitro groups is 1. The quantitative estimate of drug-likeness (QED) is 0.121. The Morgan fingerprint density at radius 1 is 1.11 bits per heavy atom. The molecule has 3 aromatic carbocycles. The van der Waals surface area contributed by atoms with Gasteiger partial charge in [-0.25, -0.2) is 4.99 Å². The molecule has 1 aliphatic rings. The molecule has 1 aliphatic heterocycles. The van der Waals surface area contributed by atoms with Crippen molar-refractivity contribution in [3.8, 4) is 5.75 Å². The van der Waals surface area contributed by atoms with E-state index in [9.17, 15) is 14.9 Å². The van der Waals surface area contributed by atoms with Gasteiger partial charge in [-0.2, -0.15) is 0 Å². The molecule has 0 atom stereocenters. The summed E-state index contributed by atoms with van der Waals surface area (Å²) in [4.78, 5) is 27.9. The van der Waals surface area contributed by atoms with Crippen LogP contribution in [-0.2, 0) is 11.4 Å². The van der Waals surface area contributed by atoms with E-state index in [4.69, 9.17) is 27.9 Å². The van der Waals surface area contributed by atoms with Crippen molar-refractivity contribution >= 4 is 109 Å². The van der Waals surface area contributed by atoms with E-state index in [-0.39, 0.29) is 18.2 Å². The lowest BCUT2D eigenvalue weighted by atomic mass is 10.2. The molecule has 0 unspecified atom stereocenters. The number of amidine groups is 1. The van der Waals surface area contributed by atoms with Crippen LogP contribution in [0.1, 0.15) is 11.1 Å². The molecule has 178 valence electrons. The van der Waals surface area contributed by atoms with Crippen molar-refractivity contribution in [3.05, 3.63) is 97.9 Å². The second kappa shape index (κ2) is 11.5. The predicted molar refractivity (Wildman–Crippen MR) is 157 cm³/mol. The number of ether oxygens (including phenoxy) is 1. The Kier molecular flexibility index (Phi) is 8.58. The first-order chi connectivity index (χ1) is 16.7. The molecule has 1 heterocycles. The number of nitrogens with zero attached hydrogens (tertiary/aromatic N) is 2. The van der Waals surface area contributed by atoms with Crippen LogP contribution in [0.4, 0.5) is 11.4 Å². The highest BCUT2D eigenvalue weighted by Gasteiger charge is 2.24. The molecule has 1 amide bonds. The van der Waals surface area contributed by atoms with Crippen molar-refractivity contribution in [1.82, 2.24) is 5.32 Å². The summed E-state index contributed by atoms with van der Waals surface area (Å²) in [6.45, 7) is 0.193. The van der Waals surface area contributed by atoms with E-state index >= 15 is 0 Å². The Labute approximate surface area is 241 Å². The summed E-state index contributed by atoms with van der Waals surface area (Å²) in [6.07, 6.45) is 1.77. The number of hydrogen-bond donors (Lipinski definition) is 1. The third-order valence-corrected chi connectivity index (χ3v) is 7.95. The van der Waals surface area contributed by atoms with Gasteiger partial charge in [0.1, 0.15) is 12.4 Å². The van der Waals surface area contributed by atoms with Crippen molar-refractivity contribution in [1.29, 1.82) is 0 Å². The van der Waals surface area contributed by atoms with Crippen LogP contribution >= 0.6 is 80.1 Å². The standard InChI is InChI=1S/C23H13Cl2I2N3O4S/c24-15-5-2-6-18(20(15)25)28-23-29-22(31)19(35-23)10-13-8-16(26)21(17(27)9-13)34-11-12-3-1-4-14(7-12)30(32)33/h1-10H,11H2,(H,28,29,31)/b19-10+. The lowest BCUT2D eigenvalue weighted by Gasteiger charge is -2.11. The number of carbonyl (C=O) groups is 1. The number of amides is 1. The van der Waals surface area contributed by atoms with E-state index in [2.05, 4.69) is 55.5 Å². The number of nitro benzene ring substituents is 1. The Bertz CT molecular complexity index is 1390. The summed E-state index contributed by atoms with van der Waals surface area (Å²) in [5.41, 5.74) is 2.01. The Morgan fingerprint density at radius 2 is 1.83 bits per heavy atom. The van der Waals surface area contributed by atoms with Crippen molar-refractivity contribution in [2.45, 2.75) is 6.61 Å². The van der Waals surface area contributed by atoms with Crippen LogP contribution in [0.15, 0.2) is 64.5 Å². The Hall–Kier alpha value is -1.87. The fourth-order valence-corrected chi connectivity index (χ4v) is 6.34. The van der Waals surface area contributed by atoms with Crippen molar-refractivity contribution in [3.63, 3.8) is 0 Å². The second-order valence-corrected chi connectivity index (χ2v) is 11.2. The summed E-state index contributed by atoms with van der Waals surface area (Å²) in [6, 6.07) is 15.2. The lowest BCUT2D eigenvalue weighted by molar-refractivity contribution is -0.384. The van der Waals surface area contributed by atoms with Crippen LogP contribution in [0.5, 0.6) is 5.75 Å². The van der Waals surface area contributed by atoms with Gasteiger partial charge in [-0.05, 0) is 98.4 Å². The Balaban J connectivity index is 1.51. The van der Waals surface area contributed by atoms with E-state index in [1.54, 1.807) is 36.4 Å². The largest absolute Gasteiger partial charge is 0.487 e. The van der Waals surface area contributed by atoms with Gasteiger partial charge in [0.05, 0.1) is 32.7 Å².